The summed E-state index contributed by atoms with van der Waals surface area (Å²) in [6.45, 7) is 1.39. The molecule has 6 nitrogen and oxygen atoms in total. The number of nitrogens with one attached hydrogen (secondary N) is 1. The van der Waals surface area contributed by atoms with E-state index in [2.05, 4.69) is 15.3 Å². The first-order valence-corrected chi connectivity index (χ1v) is 5.67. The summed E-state index contributed by atoms with van der Waals surface area (Å²) in [5.41, 5.74) is -0.236. The fraction of sp³-hybridized carbons (Fsp3) is 0.0909. The first-order chi connectivity index (χ1) is 9.38. The van der Waals surface area contributed by atoms with Crippen LogP contribution in [-0.4, -0.2) is 14.9 Å². The standard InChI is InChI=1S/C11H7ClF2N4O2/c1-5-9(18(19)20)10(17-11(12)15-5)16-6-2-3-7(13)8(14)4-6/h2-4H,1H3,(H,15,16,17). The molecule has 20 heavy (non-hydrogen) atoms. The third kappa shape index (κ3) is 2.80. The number of hydrogen-bond donors (Lipinski definition) is 1. The van der Waals surface area contributed by atoms with E-state index in [9.17, 15) is 18.9 Å². The molecule has 1 aromatic heterocycles. The second kappa shape index (κ2) is 5.33. The van der Waals surface area contributed by atoms with Gasteiger partial charge in [0.1, 0.15) is 5.69 Å². The minimum atomic E-state index is -1.09. The Morgan fingerprint density at radius 2 is 2.00 bits per heavy atom. The van der Waals surface area contributed by atoms with E-state index in [1.165, 1.54) is 13.0 Å². The lowest BCUT2D eigenvalue weighted by atomic mass is 10.3. The number of aryl methyl sites for hydroxylation is 1. The van der Waals surface area contributed by atoms with Crippen LogP contribution < -0.4 is 5.32 Å². The van der Waals surface area contributed by atoms with Gasteiger partial charge in [0.15, 0.2) is 11.6 Å². The molecule has 0 fully saturated rings. The van der Waals surface area contributed by atoms with Gasteiger partial charge in [-0.05, 0) is 30.7 Å². The number of halogens is 3. The van der Waals surface area contributed by atoms with Crippen molar-refractivity contribution in [2.24, 2.45) is 0 Å². The van der Waals surface area contributed by atoms with E-state index in [0.717, 1.165) is 12.1 Å². The number of nitrogens with zero attached hydrogens (tertiary/aromatic N) is 3. The lowest BCUT2D eigenvalue weighted by molar-refractivity contribution is -0.385. The quantitative estimate of drug-likeness (QED) is 0.534. The predicted molar refractivity (Wildman–Crippen MR) is 68.1 cm³/mol. The summed E-state index contributed by atoms with van der Waals surface area (Å²) in [6.07, 6.45) is 0. The maximum Gasteiger partial charge on any atom is 0.332 e. The molecular formula is C11H7ClF2N4O2. The predicted octanol–water partition coefficient (Wildman–Crippen LogP) is 3.37. The summed E-state index contributed by atoms with van der Waals surface area (Å²) >= 11 is 5.63. The lowest BCUT2D eigenvalue weighted by Gasteiger charge is -2.08. The van der Waals surface area contributed by atoms with Crippen molar-refractivity contribution in [2.45, 2.75) is 6.92 Å². The summed E-state index contributed by atoms with van der Waals surface area (Å²) in [7, 11) is 0. The Morgan fingerprint density at radius 1 is 1.30 bits per heavy atom. The summed E-state index contributed by atoms with van der Waals surface area (Å²) in [4.78, 5) is 17.6. The smallest absolute Gasteiger partial charge is 0.332 e. The number of hydrogen-bond acceptors (Lipinski definition) is 5. The van der Waals surface area contributed by atoms with Gasteiger partial charge in [0, 0.05) is 11.8 Å². The molecule has 0 bridgehead atoms. The Morgan fingerprint density at radius 3 is 2.60 bits per heavy atom. The number of benzene rings is 1. The molecule has 104 valence electrons. The normalized spacial score (nSPS) is 10.4. The van der Waals surface area contributed by atoms with Gasteiger partial charge in [-0.1, -0.05) is 0 Å². The van der Waals surface area contributed by atoms with Gasteiger partial charge in [0.2, 0.25) is 11.1 Å². The Bertz CT molecular complexity index is 696. The van der Waals surface area contributed by atoms with Crippen LogP contribution in [0.4, 0.5) is 26.0 Å². The Balaban J connectivity index is 2.47. The molecule has 0 unspecified atom stereocenters. The van der Waals surface area contributed by atoms with Crippen LogP contribution in [0.15, 0.2) is 18.2 Å². The fourth-order valence-electron chi connectivity index (χ4n) is 1.55. The van der Waals surface area contributed by atoms with Crippen molar-refractivity contribution in [1.29, 1.82) is 0 Å². The Labute approximate surface area is 116 Å². The average Bonchev–Trinajstić information content (AvgIpc) is 2.32. The van der Waals surface area contributed by atoms with Crippen molar-refractivity contribution in [1.82, 2.24) is 9.97 Å². The third-order valence-electron chi connectivity index (χ3n) is 2.40. The lowest BCUT2D eigenvalue weighted by Crippen LogP contribution is -2.04. The van der Waals surface area contributed by atoms with Gasteiger partial charge in [0.05, 0.1) is 4.92 Å². The molecule has 0 aliphatic heterocycles. The Kier molecular flexibility index (Phi) is 3.75. The second-order valence-electron chi connectivity index (χ2n) is 3.79. The first kappa shape index (κ1) is 14.1. The Hall–Kier alpha value is -2.35. The van der Waals surface area contributed by atoms with Crippen LogP contribution in [0, 0.1) is 28.7 Å². The molecule has 0 saturated heterocycles. The van der Waals surface area contributed by atoms with Crippen molar-refractivity contribution in [3.8, 4) is 0 Å². The summed E-state index contributed by atoms with van der Waals surface area (Å²) in [5.74, 6) is -2.31. The van der Waals surface area contributed by atoms with Crippen LogP contribution in [0.3, 0.4) is 0 Å². The van der Waals surface area contributed by atoms with Crippen LogP contribution in [0.25, 0.3) is 0 Å². The van der Waals surface area contributed by atoms with E-state index in [4.69, 9.17) is 11.6 Å². The molecule has 1 N–H and O–H groups in total. The van der Waals surface area contributed by atoms with E-state index >= 15 is 0 Å². The molecule has 9 heteroatoms. The van der Waals surface area contributed by atoms with Gasteiger partial charge >= 0.3 is 5.69 Å². The molecule has 0 saturated carbocycles. The molecule has 0 atom stereocenters. The van der Waals surface area contributed by atoms with Crippen molar-refractivity contribution < 1.29 is 13.7 Å². The third-order valence-corrected chi connectivity index (χ3v) is 2.56. The number of nitro groups is 1. The topological polar surface area (TPSA) is 81.0 Å². The van der Waals surface area contributed by atoms with Crippen LogP contribution in [0.1, 0.15) is 5.69 Å². The SMILES string of the molecule is Cc1nc(Cl)nc(Nc2ccc(F)c(F)c2)c1[N+](=O)[O-]. The number of anilines is 2. The monoisotopic (exact) mass is 300 g/mol. The minimum Gasteiger partial charge on any atom is -0.334 e. The highest BCUT2D eigenvalue weighted by molar-refractivity contribution is 6.28. The molecule has 0 aliphatic carbocycles. The molecule has 0 radical (unpaired) electrons. The van der Waals surface area contributed by atoms with Gasteiger partial charge < -0.3 is 5.32 Å². The molecule has 0 spiro atoms. The molecule has 2 aromatic rings. The van der Waals surface area contributed by atoms with Crippen molar-refractivity contribution in [3.05, 3.63) is 50.9 Å². The van der Waals surface area contributed by atoms with Crippen molar-refractivity contribution in [2.75, 3.05) is 5.32 Å². The highest BCUT2D eigenvalue weighted by Gasteiger charge is 2.22. The largest absolute Gasteiger partial charge is 0.334 e. The van der Waals surface area contributed by atoms with Gasteiger partial charge in [-0.15, -0.1) is 0 Å². The maximum atomic E-state index is 13.1. The summed E-state index contributed by atoms with van der Waals surface area (Å²) in [6, 6.07) is 2.96. The van der Waals surface area contributed by atoms with E-state index in [1.807, 2.05) is 0 Å². The van der Waals surface area contributed by atoms with Crippen LogP contribution in [0.5, 0.6) is 0 Å². The molecule has 0 amide bonds. The van der Waals surface area contributed by atoms with Crippen molar-refractivity contribution >= 4 is 28.8 Å². The highest BCUT2D eigenvalue weighted by atomic mass is 35.5. The van der Waals surface area contributed by atoms with E-state index in [-0.39, 0.29) is 28.2 Å². The van der Waals surface area contributed by atoms with Gasteiger partial charge in [-0.2, -0.15) is 4.98 Å². The van der Waals surface area contributed by atoms with Crippen LogP contribution >= 0.6 is 11.6 Å². The number of rotatable bonds is 3. The first-order valence-electron chi connectivity index (χ1n) is 5.29. The zero-order chi connectivity index (χ0) is 14.9. The number of aromatic nitrogens is 2. The average molecular weight is 301 g/mol. The zero-order valence-electron chi connectivity index (χ0n) is 10.0. The molecule has 1 aromatic carbocycles. The van der Waals surface area contributed by atoms with Gasteiger partial charge in [0.25, 0.3) is 0 Å². The molecular weight excluding hydrogens is 294 g/mol. The highest BCUT2D eigenvalue weighted by Crippen LogP contribution is 2.29. The van der Waals surface area contributed by atoms with E-state index in [1.54, 1.807) is 0 Å². The second-order valence-corrected chi connectivity index (χ2v) is 4.12. The minimum absolute atomic E-state index is 0.0556. The fourth-order valence-corrected chi connectivity index (χ4v) is 1.76. The van der Waals surface area contributed by atoms with E-state index in [0.29, 0.717) is 0 Å². The molecule has 2 rings (SSSR count). The van der Waals surface area contributed by atoms with Crippen LogP contribution in [0.2, 0.25) is 5.28 Å². The van der Waals surface area contributed by atoms with Crippen molar-refractivity contribution in [3.63, 3.8) is 0 Å². The van der Waals surface area contributed by atoms with Crippen LogP contribution in [-0.2, 0) is 0 Å². The molecule has 0 aliphatic rings. The maximum absolute atomic E-state index is 13.1. The zero-order valence-corrected chi connectivity index (χ0v) is 10.8. The summed E-state index contributed by atoms with van der Waals surface area (Å²) < 4.78 is 25.9. The summed E-state index contributed by atoms with van der Waals surface area (Å²) in [5, 5.41) is 13.3. The van der Waals surface area contributed by atoms with E-state index < -0.39 is 16.6 Å². The van der Waals surface area contributed by atoms with Gasteiger partial charge in [-0.3, -0.25) is 10.1 Å². The molecule has 1 heterocycles. The van der Waals surface area contributed by atoms with Gasteiger partial charge in [-0.25, -0.2) is 13.8 Å².